The maximum absolute atomic E-state index is 10.5. The third kappa shape index (κ3) is 2.00. The Balaban J connectivity index is 2.31. The second-order valence-corrected chi connectivity index (χ2v) is 3.84. The van der Waals surface area contributed by atoms with Crippen LogP contribution in [0.1, 0.15) is 36.0 Å². The first-order chi connectivity index (χ1) is 7.70. The minimum atomic E-state index is 0.218. The Morgan fingerprint density at radius 2 is 1.88 bits per heavy atom. The van der Waals surface area contributed by atoms with Gasteiger partial charge in [0.1, 0.15) is 6.29 Å². The van der Waals surface area contributed by atoms with Gasteiger partial charge in [-0.1, -0.05) is 26.0 Å². The molecule has 0 aliphatic heterocycles. The number of benzene rings is 1. The third-order valence-corrected chi connectivity index (χ3v) is 2.23. The van der Waals surface area contributed by atoms with Gasteiger partial charge in [-0.25, -0.2) is 0 Å². The van der Waals surface area contributed by atoms with Crippen molar-refractivity contribution in [3.63, 3.8) is 0 Å². The summed E-state index contributed by atoms with van der Waals surface area (Å²) in [6.07, 6.45) is 0.803. The Morgan fingerprint density at radius 1 is 1.19 bits per heavy atom. The summed E-state index contributed by atoms with van der Waals surface area (Å²) in [6.45, 7) is 3.99. The van der Waals surface area contributed by atoms with Crippen molar-refractivity contribution < 1.29 is 9.21 Å². The summed E-state index contributed by atoms with van der Waals surface area (Å²) in [5.74, 6) is 1.33. The predicted molar refractivity (Wildman–Crippen MR) is 59.2 cm³/mol. The summed E-state index contributed by atoms with van der Waals surface area (Å²) in [5.41, 5.74) is 1.46. The molecule has 0 atom stereocenters. The molecule has 4 heteroatoms. The fourth-order valence-corrected chi connectivity index (χ4v) is 1.29. The van der Waals surface area contributed by atoms with E-state index in [1.165, 1.54) is 0 Å². The molecule has 0 amide bonds. The molecule has 4 nitrogen and oxygen atoms in total. The Kier molecular flexibility index (Phi) is 2.81. The molecule has 2 rings (SSSR count). The van der Waals surface area contributed by atoms with Crippen LogP contribution in [0.15, 0.2) is 28.7 Å². The first-order valence-corrected chi connectivity index (χ1v) is 5.09. The maximum Gasteiger partial charge on any atom is 0.247 e. The van der Waals surface area contributed by atoms with Gasteiger partial charge in [0.25, 0.3) is 0 Å². The average molecular weight is 216 g/mol. The minimum absolute atomic E-state index is 0.218. The van der Waals surface area contributed by atoms with E-state index in [2.05, 4.69) is 10.2 Å². The van der Waals surface area contributed by atoms with Crippen LogP contribution < -0.4 is 0 Å². The molecule has 16 heavy (non-hydrogen) atoms. The molecular weight excluding hydrogens is 204 g/mol. The largest absolute Gasteiger partial charge is 0.420 e. The normalized spacial score (nSPS) is 10.7. The molecule has 2 aromatic rings. The smallest absolute Gasteiger partial charge is 0.247 e. The Bertz CT molecular complexity index is 486. The first kappa shape index (κ1) is 10.5. The van der Waals surface area contributed by atoms with Crippen molar-refractivity contribution in [2.45, 2.75) is 19.8 Å². The molecule has 1 aromatic heterocycles. The third-order valence-electron chi connectivity index (χ3n) is 2.23. The molecule has 0 aliphatic carbocycles. The Labute approximate surface area is 93.3 Å². The topological polar surface area (TPSA) is 56.0 Å². The molecule has 0 bridgehead atoms. The second-order valence-electron chi connectivity index (χ2n) is 3.84. The zero-order chi connectivity index (χ0) is 11.5. The van der Waals surface area contributed by atoms with Gasteiger partial charge >= 0.3 is 0 Å². The molecular formula is C12H12N2O2. The number of carbonyl (C=O) groups is 1. The Morgan fingerprint density at radius 3 is 2.38 bits per heavy atom. The van der Waals surface area contributed by atoms with Gasteiger partial charge in [-0.3, -0.25) is 4.79 Å². The van der Waals surface area contributed by atoms with Gasteiger partial charge in [0.2, 0.25) is 11.8 Å². The zero-order valence-electron chi connectivity index (χ0n) is 9.18. The van der Waals surface area contributed by atoms with Crippen molar-refractivity contribution in [1.82, 2.24) is 10.2 Å². The van der Waals surface area contributed by atoms with Crippen molar-refractivity contribution in [2.75, 3.05) is 0 Å². The minimum Gasteiger partial charge on any atom is -0.420 e. The number of hydrogen-bond acceptors (Lipinski definition) is 4. The van der Waals surface area contributed by atoms with Crippen molar-refractivity contribution in [3.8, 4) is 11.5 Å². The van der Waals surface area contributed by atoms with Crippen molar-refractivity contribution >= 4 is 6.29 Å². The summed E-state index contributed by atoms with van der Waals surface area (Å²) >= 11 is 0. The van der Waals surface area contributed by atoms with Crippen LogP contribution in [0.2, 0.25) is 0 Å². The van der Waals surface area contributed by atoms with E-state index in [1.54, 1.807) is 24.3 Å². The molecule has 82 valence electrons. The lowest BCUT2D eigenvalue weighted by Gasteiger charge is -1.96. The molecule has 0 saturated carbocycles. The zero-order valence-corrected chi connectivity index (χ0v) is 9.18. The van der Waals surface area contributed by atoms with Crippen molar-refractivity contribution in [2.24, 2.45) is 0 Å². The standard InChI is InChI=1S/C12H12N2O2/c1-8(2)11-13-14-12(16-11)10-5-3-9(7-15)4-6-10/h3-8H,1-2H3. The molecule has 0 fully saturated rings. The van der Waals surface area contributed by atoms with E-state index in [0.717, 1.165) is 11.8 Å². The summed E-state index contributed by atoms with van der Waals surface area (Å²) < 4.78 is 5.49. The van der Waals surface area contributed by atoms with Gasteiger partial charge in [0.05, 0.1) is 0 Å². The molecule has 0 N–H and O–H groups in total. The monoisotopic (exact) mass is 216 g/mol. The van der Waals surface area contributed by atoms with Crippen LogP contribution in [0.3, 0.4) is 0 Å². The number of aldehydes is 1. The van der Waals surface area contributed by atoms with Crippen LogP contribution >= 0.6 is 0 Å². The molecule has 0 aliphatic rings. The van der Waals surface area contributed by atoms with Crippen molar-refractivity contribution in [3.05, 3.63) is 35.7 Å². The SMILES string of the molecule is CC(C)c1nnc(-c2ccc(C=O)cc2)o1. The quantitative estimate of drug-likeness (QED) is 0.740. The summed E-state index contributed by atoms with van der Waals surface area (Å²) in [4.78, 5) is 10.5. The maximum atomic E-state index is 10.5. The predicted octanol–water partition coefficient (Wildman–Crippen LogP) is 2.67. The van der Waals surface area contributed by atoms with E-state index in [0.29, 0.717) is 17.3 Å². The van der Waals surface area contributed by atoms with Gasteiger partial charge < -0.3 is 4.42 Å². The molecule has 0 radical (unpaired) electrons. The molecule has 1 heterocycles. The highest BCUT2D eigenvalue weighted by molar-refractivity contribution is 5.75. The second kappa shape index (κ2) is 4.26. The lowest BCUT2D eigenvalue weighted by molar-refractivity contribution is 0.112. The van der Waals surface area contributed by atoms with Crippen LogP contribution in [-0.4, -0.2) is 16.5 Å². The van der Waals surface area contributed by atoms with E-state index in [9.17, 15) is 4.79 Å². The van der Waals surface area contributed by atoms with Crippen LogP contribution in [0.25, 0.3) is 11.5 Å². The van der Waals surface area contributed by atoms with Crippen LogP contribution in [-0.2, 0) is 0 Å². The van der Waals surface area contributed by atoms with Gasteiger partial charge in [-0.05, 0) is 12.1 Å². The number of rotatable bonds is 3. The van der Waals surface area contributed by atoms with Crippen LogP contribution in [0.5, 0.6) is 0 Å². The highest BCUT2D eigenvalue weighted by Crippen LogP contribution is 2.21. The lowest BCUT2D eigenvalue weighted by Crippen LogP contribution is -1.85. The van der Waals surface area contributed by atoms with E-state index in [1.807, 2.05) is 13.8 Å². The number of nitrogens with zero attached hydrogens (tertiary/aromatic N) is 2. The summed E-state index contributed by atoms with van der Waals surface area (Å²) in [6, 6.07) is 7.03. The van der Waals surface area contributed by atoms with E-state index < -0.39 is 0 Å². The van der Waals surface area contributed by atoms with Gasteiger partial charge in [-0.15, -0.1) is 10.2 Å². The fourth-order valence-electron chi connectivity index (χ4n) is 1.29. The van der Waals surface area contributed by atoms with E-state index in [-0.39, 0.29) is 5.92 Å². The Hall–Kier alpha value is -1.97. The van der Waals surface area contributed by atoms with Gasteiger partial charge in [-0.2, -0.15) is 0 Å². The number of hydrogen-bond donors (Lipinski definition) is 0. The number of carbonyl (C=O) groups excluding carboxylic acids is 1. The van der Waals surface area contributed by atoms with Gasteiger partial charge in [0, 0.05) is 17.0 Å². The van der Waals surface area contributed by atoms with Gasteiger partial charge in [0.15, 0.2) is 0 Å². The summed E-state index contributed by atoms with van der Waals surface area (Å²) in [7, 11) is 0. The molecule has 0 unspecified atom stereocenters. The lowest BCUT2D eigenvalue weighted by atomic mass is 10.1. The highest BCUT2D eigenvalue weighted by atomic mass is 16.4. The van der Waals surface area contributed by atoms with Crippen LogP contribution in [0.4, 0.5) is 0 Å². The molecule has 0 spiro atoms. The average Bonchev–Trinajstić information content (AvgIpc) is 2.78. The van der Waals surface area contributed by atoms with E-state index >= 15 is 0 Å². The highest BCUT2D eigenvalue weighted by Gasteiger charge is 2.10. The number of aromatic nitrogens is 2. The fraction of sp³-hybridized carbons (Fsp3) is 0.250. The van der Waals surface area contributed by atoms with Crippen molar-refractivity contribution in [1.29, 1.82) is 0 Å². The molecule has 0 saturated heterocycles. The van der Waals surface area contributed by atoms with Crippen LogP contribution in [0, 0.1) is 0 Å². The first-order valence-electron chi connectivity index (χ1n) is 5.09. The molecule has 1 aromatic carbocycles. The summed E-state index contributed by atoms with van der Waals surface area (Å²) in [5, 5.41) is 7.91. The van der Waals surface area contributed by atoms with E-state index in [4.69, 9.17) is 4.42 Å².